The molecule has 0 spiro atoms. The molecule has 3 rings (SSSR count). The lowest BCUT2D eigenvalue weighted by Crippen LogP contribution is -2.48. The van der Waals surface area contributed by atoms with E-state index in [1.54, 1.807) is 31.1 Å². The normalized spacial score (nSPS) is 16.3. The summed E-state index contributed by atoms with van der Waals surface area (Å²) in [6.45, 7) is 3.48. The molecule has 1 heterocycles. The van der Waals surface area contributed by atoms with E-state index in [2.05, 4.69) is 10.2 Å². The molecule has 2 aromatic rings. The van der Waals surface area contributed by atoms with E-state index in [1.807, 2.05) is 31.2 Å². The Morgan fingerprint density at radius 2 is 2.00 bits per heavy atom. The van der Waals surface area contributed by atoms with Gasteiger partial charge in [-0.05, 0) is 55.7 Å². The van der Waals surface area contributed by atoms with E-state index in [9.17, 15) is 14.0 Å². The maximum atomic E-state index is 13.4. The summed E-state index contributed by atoms with van der Waals surface area (Å²) >= 11 is 1.38. The number of hydrogen-bond donors (Lipinski definition) is 1. The minimum absolute atomic E-state index is 0.00722. The quantitative estimate of drug-likeness (QED) is 0.712. The Morgan fingerprint density at radius 3 is 2.73 bits per heavy atom. The Kier molecular flexibility index (Phi) is 7.37. The van der Waals surface area contributed by atoms with E-state index in [1.165, 1.54) is 17.8 Å². The van der Waals surface area contributed by atoms with Crippen molar-refractivity contribution in [3.63, 3.8) is 0 Å². The van der Waals surface area contributed by atoms with Crippen LogP contribution in [0, 0.1) is 12.7 Å². The first-order valence-electron chi connectivity index (χ1n) is 10.1. The molecule has 5 nitrogen and oxygen atoms in total. The first kappa shape index (κ1) is 22.2. The molecule has 2 aromatic carbocycles. The van der Waals surface area contributed by atoms with Gasteiger partial charge in [0.1, 0.15) is 5.82 Å². The zero-order valence-electron chi connectivity index (χ0n) is 17.7. The average Bonchev–Trinajstić information content (AvgIpc) is 2.72. The van der Waals surface area contributed by atoms with Gasteiger partial charge >= 0.3 is 0 Å². The Bertz CT molecular complexity index is 919. The summed E-state index contributed by atoms with van der Waals surface area (Å²) in [6, 6.07) is 12.2. The lowest BCUT2D eigenvalue weighted by molar-refractivity contribution is -0.125. The number of rotatable bonds is 6. The molecular formula is C23H28FN3O2S. The molecule has 1 saturated heterocycles. The van der Waals surface area contributed by atoms with Crippen molar-refractivity contribution in [1.82, 2.24) is 10.2 Å². The number of nitrogens with zero attached hydrogens (tertiary/aromatic N) is 2. The number of thioether (sulfide) groups is 1. The van der Waals surface area contributed by atoms with Gasteiger partial charge in [-0.15, -0.1) is 11.8 Å². The van der Waals surface area contributed by atoms with E-state index in [4.69, 9.17) is 0 Å². The molecule has 160 valence electrons. The van der Waals surface area contributed by atoms with E-state index in [0.717, 1.165) is 35.5 Å². The number of carbonyl (C=O) groups is 2. The van der Waals surface area contributed by atoms with Gasteiger partial charge in [0.2, 0.25) is 5.91 Å². The van der Waals surface area contributed by atoms with E-state index in [0.29, 0.717) is 17.9 Å². The first-order valence-corrected chi connectivity index (χ1v) is 11.1. The molecule has 2 amide bonds. The topological polar surface area (TPSA) is 52.7 Å². The molecule has 1 unspecified atom stereocenters. The fraction of sp³-hybridized carbons (Fsp3) is 0.391. The van der Waals surface area contributed by atoms with Crippen molar-refractivity contribution >= 4 is 29.3 Å². The standard InChI is InChI=1S/C23H28FN3O2S/c1-16-13-17(24)10-11-20(16)27-12-6-7-18(14-27)25-23(29)19-8-4-5-9-21(19)30-15-22(28)26(2)3/h4-5,8-11,13,18H,6-7,12,14-15H2,1-3H3,(H,25,29). The highest BCUT2D eigenvalue weighted by atomic mass is 32.2. The molecule has 1 fully saturated rings. The van der Waals surface area contributed by atoms with E-state index in [-0.39, 0.29) is 23.7 Å². The Labute approximate surface area is 181 Å². The minimum Gasteiger partial charge on any atom is -0.369 e. The summed E-state index contributed by atoms with van der Waals surface area (Å²) in [5, 5.41) is 3.15. The van der Waals surface area contributed by atoms with Crippen LogP contribution in [-0.4, -0.2) is 55.7 Å². The third-order valence-corrected chi connectivity index (χ3v) is 6.30. The monoisotopic (exact) mass is 429 g/mol. The number of nitrogens with one attached hydrogen (secondary N) is 1. The van der Waals surface area contributed by atoms with Gasteiger partial charge in [0.05, 0.1) is 11.3 Å². The molecule has 0 saturated carbocycles. The molecule has 1 aliphatic heterocycles. The highest BCUT2D eigenvalue weighted by Crippen LogP contribution is 2.26. The van der Waals surface area contributed by atoms with Crippen LogP contribution in [0.2, 0.25) is 0 Å². The predicted molar refractivity (Wildman–Crippen MR) is 120 cm³/mol. The summed E-state index contributed by atoms with van der Waals surface area (Å²) in [4.78, 5) is 29.4. The number of aryl methyl sites for hydroxylation is 1. The highest BCUT2D eigenvalue weighted by molar-refractivity contribution is 8.00. The Balaban J connectivity index is 1.66. The smallest absolute Gasteiger partial charge is 0.252 e. The van der Waals surface area contributed by atoms with Gasteiger partial charge in [-0.3, -0.25) is 9.59 Å². The van der Waals surface area contributed by atoms with Crippen LogP contribution in [0.5, 0.6) is 0 Å². The van der Waals surface area contributed by atoms with Crippen molar-refractivity contribution in [2.24, 2.45) is 0 Å². The zero-order chi connectivity index (χ0) is 21.7. The minimum atomic E-state index is -0.236. The van der Waals surface area contributed by atoms with Crippen molar-refractivity contribution in [3.8, 4) is 0 Å². The van der Waals surface area contributed by atoms with Crippen LogP contribution in [-0.2, 0) is 4.79 Å². The van der Waals surface area contributed by atoms with Crippen LogP contribution in [0.15, 0.2) is 47.4 Å². The average molecular weight is 430 g/mol. The number of piperidine rings is 1. The molecule has 1 atom stereocenters. The van der Waals surface area contributed by atoms with Crippen molar-refractivity contribution in [2.45, 2.75) is 30.7 Å². The fourth-order valence-corrected chi connectivity index (χ4v) is 4.63. The van der Waals surface area contributed by atoms with Gasteiger partial charge in [0.25, 0.3) is 5.91 Å². The molecule has 1 N–H and O–H groups in total. The lowest BCUT2D eigenvalue weighted by Gasteiger charge is -2.35. The second-order valence-corrected chi connectivity index (χ2v) is 8.78. The van der Waals surface area contributed by atoms with E-state index < -0.39 is 0 Å². The molecule has 0 aliphatic carbocycles. The summed E-state index contributed by atoms with van der Waals surface area (Å²) in [6.07, 6.45) is 1.85. The van der Waals surface area contributed by atoms with Crippen LogP contribution in [0.1, 0.15) is 28.8 Å². The molecule has 30 heavy (non-hydrogen) atoms. The number of hydrogen-bond acceptors (Lipinski definition) is 4. The number of halogens is 1. The van der Waals surface area contributed by atoms with Gasteiger partial charge in [-0.1, -0.05) is 12.1 Å². The number of benzene rings is 2. The Morgan fingerprint density at radius 1 is 1.23 bits per heavy atom. The highest BCUT2D eigenvalue weighted by Gasteiger charge is 2.24. The van der Waals surface area contributed by atoms with Crippen LogP contribution in [0.25, 0.3) is 0 Å². The molecular weight excluding hydrogens is 401 g/mol. The largest absolute Gasteiger partial charge is 0.369 e. The number of anilines is 1. The van der Waals surface area contributed by atoms with Gasteiger partial charge in [-0.2, -0.15) is 0 Å². The molecule has 1 aliphatic rings. The maximum Gasteiger partial charge on any atom is 0.252 e. The molecule has 0 bridgehead atoms. The fourth-order valence-electron chi connectivity index (χ4n) is 3.60. The maximum absolute atomic E-state index is 13.4. The SMILES string of the molecule is Cc1cc(F)ccc1N1CCCC(NC(=O)c2ccccc2SCC(=O)N(C)C)C1. The van der Waals surface area contributed by atoms with Crippen LogP contribution in [0.4, 0.5) is 10.1 Å². The van der Waals surface area contributed by atoms with Crippen LogP contribution >= 0.6 is 11.8 Å². The third kappa shape index (κ3) is 5.53. The summed E-state index contributed by atoms with van der Waals surface area (Å²) in [5.74, 6) is -0.0657. The van der Waals surface area contributed by atoms with Gasteiger partial charge in [-0.25, -0.2) is 4.39 Å². The second-order valence-electron chi connectivity index (χ2n) is 7.76. The van der Waals surface area contributed by atoms with Crippen LogP contribution in [0.3, 0.4) is 0 Å². The molecule has 0 radical (unpaired) electrons. The summed E-state index contributed by atoms with van der Waals surface area (Å²) in [5.41, 5.74) is 2.49. The van der Waals surface area contributed by atoms with Crippen molar-refractivity contribution in [1.29, 1.82) is 0 Å². The van der Waals surface area contributed by atoms with Crippen molar-refractivity contribution in [3.05, 3.63) is 59.4 Å². The number of amides is 2. The Hall–Kier alpha value is -2.54. The van der Waals surface area contributed by atoms with Crippen molar-refractivity contribution in [2.75, 3.05) is 37.8 Å². The predicted octanol–water partition coefficient (Wildman–Crippen LogP) is 3.71. The third-order valence-electron chi connectivity index (χ3n) is 5.24. The number of carbonyl (C=O) groups excluding carboxylic acids is 2. The van der Waals surface area contributed by atoms with Gasteiger partial charge in [0.15, 0.2) is 0 Å². The molecule has 7 heteroatoms. The summed E-state index contributed by atoms with van der Waals surface area (Å²) < 4.78 is 13.4. The second kappa shape index (κ2) is 9.98. The zero-order valence-corrected chi connectivity index (χ0v) is 18.5. The first-order chi connectivity index (χ1) is 14.3. The lowest BCUT2D eigenvalue weighted by atomic mass is 10.0. The molecule has 0 aromatic heterocycles. The van der Waals surface area contributed by atoms with Crippen molar-refractivity contribution < 1.29 is 14.0 Å². The summed E-state index contributed by atoms with van der Waals surface area (Å²) in [7, 11) is 3.44. The van der Waals surface area contributed by atoms with Gasteiger partial charge in [0, 0.05) is 43.8 Å². The van der Waals surface area contributed by atoms with E-state index >= 15 is 0 Å². The van der Waals surface area contributed by atoms with Gasteiger partial charge < -0.3 is 15.1 Å². The van der Waals surface area contributed by atoms with Crippen LogP contribution < -0.4 is 10.2 Å².